The quantitative estimate of drug-likeness (QED) is 0.301. The number of fused-ring (bicyclic) bond motifs is 2. The van der Waals surface area contributed by atoms with Gasteiger partial charge in [0, 0.05) is 10.8 Å². The maximum Gasteiger partial charge on any atom is 0.832 e. The van der Waals surface area contributed by atoms with Crippen LogP contribution in [-0.2, 0) is 12.4 Å². The van der Waals surface area contributed by atoms with Crippen LogP contribution in [0.15, 0.2) is 60.7 Å². The van der Waals surface area contributed by atoms with Crippen molar-refractivity contribution in [2.75, 3.05) is 0 Å². The van der Waals surface area contributed by atoms with E-state index in [1.165, 1.54) is 24.3 Å². The number of halogens is 6. The van der Waals surface area contributed by atoms with E-state index in [0.29, 0.717) is 10.8 Å². The van der Waals surface area contributed by atoms with Crippen molar-refractivity contribution in [2.45, 2.75) is 12.4 Å². The normalized spacial score (nSPS) is 12.2. The highest BCUT2D eigenvalue weighted by Crippen LogP contribution is 2.33. The number of hydrogen-bond acceptors (Lipinski definition) is 4. The highest BCUT2D eigenvalue weighted by molar-refractivity contribution is 6.21. The number of rotatable bonds is 4. The second-order valence-electron chi connectivity index (χ2n) is 6.45. The summed E-state index contributed by atoms with van der Waals surface area (Å²) >= 11 is -1.90. The lowest BCUT2D eigenvalue weighted by molar-refractivity contribution is -0.141. The van der Waals surface area contributed by atoms with Crippen molar-refractivity contribution in [3.8, 4) is 11.5 Å². The number of aromatic nitrogens is 2. The van der Waals surface area contributed by atoms with Crippen LogP contribution in [-0.4, -0.2) is 25.9 Å². The Labute approximate surface area is 177 Å². The molecule has 0 N–H and O–H groups in total. The van der Waals surface area contributed by atoms with Crippen LogP contribution in [0.5, 0.6) is 11.5 Å². The fraction of sp³-hybridized carbons (Fsp3) is 0.100. The standard InChI is InChI=1S/2C10H6F3NO.Al.H/c2*11-10(12,13)8-5-4-6-2-1-3-7(15)9(6)14-8;;/h2*1-5,15H;;/q;;+2;/p-2. The maximum absolute atomic E-state index is 13.0. The van der Waals surface area contributed by atoms with E-state index < -0.39 is 39.6 Å². The predicted molar refractivity (Wildman–Crippen MR) is 102 cm³/mol. The SMILES string of the molecule is FC(F)(F)c1ccc2cccc([O][AlH][O]c3cccc4ccc(C(F)(F)F)nc34)c2n1. The highest BCUT2D eigenvalue weighted by Gasteiger charge is 2.33. The summed E-state index contributed by atoms with van der Waals surface area (Å²) in [6.07, 6.45) is -9.22. The molecule has 4 nitrogen and oxygen atoms in total. The summed E-state index contributed by atoms with van der Waals surface area (Å²) in [7, 11) is 0. The van der Waals surface area contributed by atoms with Crippen LogP contribution in [0.1, 0.15) is 11.4 Å². The molecule has 0 atom stereocenters. The van der Waals surface area contributed by atoms with Gasteiger partial charge in [-0.2, -0.15) is 26.3 Å². The van der Waals surface area contributed by atoms with Gasteiger partial charge in [0.25, 0.3) is 0 Å². The molecule has 0 unspecified atom stereocenters. The van der Waals surface area contributed by atoms with Gasteiger partial charge in [-0.25, -0.2) is 9.97 Å². The summed E-state index contributed by atoms with van der Waals surface area (Å²) in [6, 6.07) is 13.6. The molecule has 0 aliphatic carbocycles. The predicted octanol–water partition coefficient (Wildman–Crippen LogP) is 5.54. The van der Waals surface area contributed by atoms with Crippen molar-refractivity contribution in [1.29, 1.82) is 0 Å². The number of para-hydroxylation sites is 2. The Balaban J connectivity index is 1.60. The Bertz CT molecular complexity index is 1160. The molecule has 2 heterocycles. The topological polar surface area (TPSA) is 44.2 Å². The van der Waals surface area contributed by atoms with Crippen LogP contribution in [0.4, 0.5) is 26.3 Å². The van der Waals surface area contributed by atoms with E-state index in [9.17, 15) is 26.3 Å². The monoisotopic (exact) mass is 452 g/mol. The molecule has 0 aliphatic rings. The largest absolute Gasteiger partial charge is 0.832 e. The van der Waals surface area contributed by atoms with Crippen LogP contribution in [0, 0.1) is 0 Å². The van der Waals surface area contributed by atoms with Crippen molar-refractivity contribution >= 4 is 37.7 Å². The van der Waals surface area contributed by atoms with Gasteiger partial charge in [-0.15, -0.1) is 0 Å². The van der Waals surface area contributed by atoms with Crippen molar-refractivity contribution in [3.63, 3.8) is 0 Å². The summed E-state index contributed by atoms with van der Waals surface area (Å²) in [6.45, 7) is 0. The molecule has 158 valence electrons. The molecule has 0 amide bonds. The maximum atomic E-state index is 13.0. The van der Waals surface area contributed by atoms with E-state index in [0.717, 1.165) is 12.1 Å². The fourth-order valence-corrected chi connectivity index (χ4v) is 3.72. The highest BCUT2D eigenvalue weighted by atomic mass is 27.2. The first-order valence-electron chi connectivity index (χ1n) is 8.82. The number of hydrogen-bond donors (Lipinski definition) is 0. The molecular weight excluding hydrogens is 441 g/mol. The Morgan fingerprint density at radius 2 is 1.00 bits per heavy atom. The third kappa shape index (κ3) is 4.52. The van der Waals surface area contributed by atoms with Gasteiger partial charge in [0.2, 0.25) is 0 Å². The Hall–Kier alpha value is -3.03. The molecular formula is C20H11AlF6N2O2. The minimum absolute atomic E-state index is 0.0174. The zero-order valence-electron chi connectivity index (χ0n) is 15.5. The molecule has 0 aliphatic heterocycles. The van der Waals surface area contributed by atoms with Crippen molar-refractivity contribution in [3.05, 3.63) is 72.1 Å². The molecule has 4 aromatic rings. The van der Waals surface area contributed by atoms with Crippen LogP contribution in [0.3, 0.4) is 0 Å². The summed E-state index contributed by atoms with van der Waals surface area (Å²) in [4.78, 5) is 7.28. The number of nitrogens with zero attached hydrogens (tertiary/aromatic N) is 2. The molecule has 0 spiro atoms. The van der Waals surface area contributed by atoms with E-state index >= 15 is 0 Å². The molecule has 11 heteroatoms. The molecule has 0 radical (unpaired) electrons. The number of benzene rings is 2. The van der Waals surface area contributed by atoms with Gasteiger partial charge in [-0.3, -0.25) is 0 Å². The van der Waals surface area contributed by atoms with Crippen LogP contribution in [0.2, 0.25) is 0 Å². The van der Waals surface area contributed by atoms with Gasteiger partial charge in [-0.05, 0) is 24.3 Å². The van der Waals surface area contributed by atoms with Crippen molar-refractivity contribution < 1.29 is 33.9 Å². The third-order valence-corrected chi connectivity index (χ3v) is 5.23. The molecule has 0 saturated heterocycles. The number of alkyl halides is 6. The second kappa shape index (κ2) is 7.91. The summed E-state index contributed by atoms with van der Waals surface area (Å²) in [5.41, 5.74) is -2.08. The Morgan fingerprint density at radius 1 is 0.581 bits per heavy atom. The molecule has 4 rings (SSSR count). The lowest BCUT2D eigenvalue weighted by Crippen LogP contribution is -2.13. The third-order valence-electron chi connectivity index (χ3n) is 4.38. The lowest BCUT2D eigenvalue weighted by Gasteiger charge is -2.14. The van der Waals surface area contributed by atoms with Crippen LogP contribution < -0.4 is 7.58 Å². The second-order valence-corrected chi connectivity index (χ2v) is 7.26. The van der Waals surface area contributed by atoms with Gasteiger partial charge in [0.05, 0.1) is 0 Å². The summed E-state index contributed by atoms with van der Waals surface area (Å²) in [5, 5.41) is 0.891. The Morgan fingerprint density at radius 3 is 1.39 bits per heavy atom. The molecule has 0 saturated carbocycles. The van der Waals surface area contributed by atoms with Gasteiger partial charge < -0.3 is 7.58 Å². The average Bonchev–Trinajstić information content (AvgIpc) is 2.72. The first kappa shape index (κ1) is 21.2. The zero-order chi connectivity index (χ0) is 22.2. The summed E-state index contributed by atoms with van der Waals surface area (Å²) < 4.78 is 89.0. The van der Waals surface area contributed by atoms with E-state index in [1.54, 1.807) is 24.3 Å². The molecule has 0 fully saturated rings. The minimum Gasteiger partial charge on any atom is -0.613 e. The lowest BCUT2D eigenvalue weighted by atomic mass is 10.2. The summed E-state index contributed by atoms with van der Waals surface area (Å²) in [5.74, 6) is 0.193. The number of pyridine rings is 2. The van der Waals surface area contributed by atoms with Crippen LogP contribution >= 0.6 is 0 Å². The molecule has 2 aromatic heterocycles. The first-order valence-corrected chi connectivity index (χ1v) is 9.98. The van der Waals surface area contributed by atoms with E-state index in [-0.39, 0.29) is 22.5 Å². The van der Waals surface area contributed by atoms with Gasteiger partial charge in [0.15, 0.2) is 0 Å². The Kier molecular flexibility index (Phi) is 5.41. The van der Waals surface area contributed by atoms with E-state index in [4.69, 9.17) is 7.58 Å². The van der Waals surface area contributed by atoms with E-state index in [1.807, 2.05) is 0 Å². The van der Waals surface area contributed by atoms with Gasteiger partial charge in [-0.1, -0.05) is 36.4 Å². The molecule has 2 aromatic carbocycles. The molecule has 31 heavy (non-hydrogen) atoms. The molecule has 0 bridgehead atoms. The van der Waals surface area contributed by atoms with Gasteiger partial charge in [0.1, 0.15) is 33.9 Å². The van der Waals surface area contributed by atoms with Crippen LogP contribution in [0.25, 0.3) is 21.8 Å². The fourth-order valence-electron chi connectivity index (χ4n) is 2.94. The van der Waals surface area contributed by atoms with E-state index in [2.05, 4.69) is 9.97 Å². The van der Waals surface area contributed by atoms with Crippen molar-refractivity contribution in [2.24, 2.45) is 0 Å². The zero-order valence-corrected chi connectivity index (χ0v) is 16.9. The minimum atomic E-state index is -4.61. The smallest absolute Gasteiger partial charge is 0.613 e. The first-order chi connectivity index (χ1) is 14.6. The average molecular weight is 452 g/mol. The van der Waals surface area contributed by atoms with Crippen molar-refractivity contribution in [1.82, 2.24) is 9.97 Å². The van der Waals surface area contributed by atoms with Gasteiger partial charge >= 0.3 is 28.2 Å².